The van der Waals surface area contributed by atoms with E-state index in [4.69, 9.17) is 9.47 Å². The maximum absolute atomic E-state index is 11.7. The highest BCUT2D eigenvalue weighted by Gasteiger charge is 2.34. The number of sulfone groups is 1. The van der Waals surface area contributed by atoms with Crippen LogP contribution in [-0.4, -0.2) is 46.6 Å². The Morgan fingerprint density at radius 3 is 2.55 bits per heavy atom. The molecule has 0 amide bonds. The molecule has 1 aromatic carbocycles. The summed E-state index contributed by atoms with van der Waals surface area (Å²) in [4.78, 5) is 0.358. The summed E-state index contributed by atoms with van der Waals surface area (Å²) in [5.41, 5.74) is 0.595. The summed E-state index contributed by atoms with van der Waals surface area (Å²) in [5, 5.41) is 3.28. The van der Waals surface area contributed by atoms with Gasteiger partial charge in [-0.15, -0.1) is 0 Å². The van der Waals surface area contributed by atoms with Crippen molar-refractivity contribution >= 4 is 15.5 Å². The van der Waals surface area contributed by atoms with Crippen molar-refractivity contribution in [3.05, 3.63) is 24.3 Å². The van der Waals surface area contributed by atoms with E-state index in [-0.39, 0.29) is 11.4 Å². The summed E-state index contributed by atoms with van der Waals surface area (Å²) in [6, 6.07) is 6.82. The van der Waals surface area contributed by atoms with Crippen molar-refractivity contribution in [2.75, 3.05) is 37.9 Å². The fourth-order valence-corrected chi connectivity index (χ4v) is 3.06. The van der Waals surface area contributed by atoms with E-state index in [0.29, 0.717) is 24.7 Å². The predicted molar refractivity (Wildman–Crippen MR) is 77.8 cm³/mol. The molecule has 1 aliphatic heterocycles. The summed E-state index contributed by atoms with van der Waals surface area (Å²) in [6.45, 7) is 3.58. The molecule has 1 saturated heterocycles. The van der Waals surface area contributed by atoms with Gasteiger partial charge in [0.1, 0.15) is 5.60 Å². The number of rotatable bonds is 6. The molecule has 1 atom stereocenters. The monoisotopic (exact) mass is 299 g/mol. The van der Waals surface area contributed by atoms with E-state index in [1.54, 1.807) is 38.3 Å². The van der Waals surface area contributed by atoms with Gasteiger partial charge in [-0.3, -0.25) is 0 Å². The molecule has 2 rings (SSSR count). The smallest absolute Gasteiger partial charge is 0.178 e. The molecule has 0 bridgehead atoms. The average molecular weight is 299 g/mol. The highest BCUT2D eigenvalue weighted by Crippen LogP contribution is 2.23. The third-order valence-corrected chi connectivity index (χ3v) is 5.46. The molecule has 5 nitrogen and oxygen atoms in total. The zero-order valence-electron chi connectivity index (χ0n) is 11.9. The predicted octanol–water partition coefficient (Wildman–Crippen LogP) is 1.70. The van der Waals surface area contributed by atoms with Gasteiger partial charge in [0, 0.05) is 32.4 Å². The first-order valence-corrected chi connectivity index (χ1v) is 8.36. The third-order valence-electron chi connectivity index (χ3n) is 3.71. The van der Waals surface area contributed by atoms with Crippen LogP contribution in [0.2, 0.25) is 0 Å². The normalized spacial score (nSPS) is 22.9. The van der Waals surface area contributed by atoms with Crippen molar-refractivity contribution in [3.8, 4) is 0 Å². The van der Waals surface area contributed by atoms with Crippen LogP contribution in [0.3, 0.4) is 0 Å². The van der Waals surface area contributed by atoms with Gasteiger partial charge in [-0.25, -0.2) is 8.42 Å². The Morgan fingerprint density at radius 2 is 2.05 bits per heavy atom. The van der Waals surface area contributed by atoms with E-state index in [2.05, 4.69) is 5.32 Å². The summed E-state index contributed by atoms with van der Waals surface area (Å²) >= 11 is 0. The van der Waals surface area contributed by atoms with Crippen LogP contribution in [-0.2, 0) is 19.3 Å². The number of anilines is 1. The van der Waals surface area contributed by atoms with Crippen molar-refractivity contribution in [2.45, 2.75) is 23.8 Å². The second-order valence-corrected chi connectivity index (χ2v) is 7.25. The third kappa shape index (κ3) is 3.31. The first kappa shape index (κ1) is 15.3. The molecule has 0 aromatic heterocycles. The van der Waals surface area contributed by atoms with Crippen LogP contribution >= 0.6 is 0 Å². The summed E-state index contributed by atoms with van der Waals surface area (Å²) < 4.78 is 34.3. The Kier molecular flexibility index (Phi) is 4.67. The fraction of sp³-hybridized carbons (Fsp3) is 0.571. The van der Waals surface area contributed by atoms with Gasteiger partial charge in [0.2, 0.25) is 0 Å². The minimum Gasteiger partial charge on any atom is -0.382 e. The van der Waals surface area contributed by atoms with Crippen molar-refractivity contribution in [3.63, 3.8) is 0 Å². The Labute approximate surface area is 120 Å². The first-order valence-electron chi connectivity index (χ1n) is 6.71. The SMILES string of the molecule is CCS(=O)(=O)c1ccc(NCC2(OC)CCOC2)cc1. The summed E-state index contributed by atoms with van der Waals surface area (Å²) in [6.07, 6.45) is 0.860. The van der Waals surface area contributed by atoms with Crippen LogP contribution in [0, 0.1) is 0 Å². The lowest BCUT2D eigenvalue weighted by atomic mass is 10.0. The van der Waals surface area contributed by atoms with Crippen LogP contribution in [0.25, 0.3) is 0 Å². The van der Waals surface area contributed by atoms with Crippen molar-refractivity contribution < 1.29 is 17.9 Å². The number of ether oxygens (including phenoxy) is 2. The molecule has 1 aliphatic rings. The Bertz CT molecular complexity index is 533. The molecule has 1 fully saturated rings. The number of hydrogen-bond donors (Lipinski definition) is 1. The molecule has 0 spiro atoms. The van der Waals surface area contributed by atoms with Gasteiger partial charge < -0.3 is 14.8 Å². The maximum atomic E-state index is 11.7. The number of methoxy groups -OCH3 is 1. The van der Waals surface area contributed by atoms with Crippen LogP contribution < -0.4 is 5.32 Å². The maximum Gasteiger partial charge on any atom is 0.178 e. The quantitative estimate of drug-likeness (QED) is 0.866. The molecule has 0 aliphatic carbocycles. The van der Waals surface area contributed by atoms with Crippen molar-refractivity contribution in [2.24, 2.45) is 0 Å². The Morgan fingerprint density at radius 1 is 1.35 bits per heavy atom. The summed E-state index contributed by atoms with van der Waals surface area (Å²) in [7, 11) is -1.45. The molecule has 0 radical (unpaired) electrons. The minimum atomic E-state index is -3.13. The lowest BCUT2D eigenvalue weighted by molar-refractivity contribution is -0.00619. The zero-order valence-corrected chi connectivity index (χ0v) is 12.7. The van der Waals surface area contributed by atoms with Crippen LogP contribution in [0.15, 0.2) is 29.2 Å². The van der Waals surface area contributed by atoms with Crippen LogP contribution in [0.1, 0.15) is 13.3 Å². The Balaban J connectivity index is 2.01. The molecule has 0 saturated carbocycles. The molecule has 1 aromatic rings. The van der Waals surface area contributed by atoms with E-state index in [0.717, 1.165) is 12.1 Å². The molecular formula is C14H21NO4S. The van der Waals surface area contributed by atoms with Crippen LogP contribution in [0.5, 0.6) is 0 Å². The van der Waals surface area contributed by atoms with Gasteiger partial charge >= 0.3 is 0 Å². The number of benzene rings is 1. The Hall–Kier alpha value is -1.11. The van der Waals surface area contributed by atoms with Crippen molar-refractivity contribution in [1.82, 2.24) is 0 Å². The van der Waals surface area contributed by atoms with E-state index in [1.165, 1.54) is 0 Å². The van der Waals surface area contributed by atoms with Gasteiger partial charge in [-0.05, 0) is 24.3 Å². The van der Waals surface area contributed by atoms with E-state index in [9.17, 15) is 8.42 Å². The molecule has 1 N–H and O–H groups in total. The summed E-state index contributed by atoms with van der Waals surface area (Å²) in [5.74, 6) is 0.115. The number of nitrogens with one attached hydrogen (secondary N) is 1. The lowest BCUT2D eigenvalue weighted by Gasteiger charge is -2.26. The number of hydrogen-bond acceptors (Lipinski definition) is 5. The van der Waals surface area contributed by atoms with Gasteiger partial charge in [-0.1, -0.05) is 6.92 Å². The topological polar surface area (TPSA) is 64.6 Å². The fourth-order valence-electron chi connectivity index (χ4n) is 2.17. The molecule has 20 heavy (non-hydrogen) atoms. The lowest BCUT2D eigenvalue weighted by Crippen LogP contribution is -2.39. The highest BCUT2D eigenvalue weighted by molar-refractivity contribution is 7.91. The highest BCUT2D eigenvalue weighted by atomic mass is 32.2. The van der Waals surface area contributed by atoms with Gasteiger partial charge in [0.15, 0.2) is 9.84 Å². The second kappa shape index (κ2) is 6.11. The zero-order chi connectivity index (χ0) is 14.6. The molecular weight excluding hydrogens is 278 g/mol. The van der Waals surface area contributed by atoms with E-state index < -0.39 is 9.84 Å². The molecule has 1 unspecified atom stereocenters. The minimum absolute atomic E-state index is 0.115. The van der Waals surface area contributed by atoms with Gasteiger partial charge in [0.05, 0.1) is 17.3 Å². The van der Waals surface area contributed by atoms with Gasteiger partial charge in [0.25, 0.3) is 0 Å². The van der Waals surface area contributed by atoms with E-state index in [1.807, 2.05) is 0 Å². The largest absolute Gasteiger partial charge is 0.382 e. The standard InChI is InChI=1S/C14H21NO4S/c1-3-20(16,17)13-6-4-12(5-7-13)15-10-14(18-2)8-9-19-11-14/h4-7,15H,3,8-11H2,1-2H3. The van der Waals surface area contributed by atoms with Crippen molar-refractivity contribution in [1.29, 1.82) is 0 Å². The average Bonchev–Trinajstić information content (AvgIpc) is 2.95. The molecule has 6 heteroatoms. The van der Waals surface area contributed by atoms with Crippen LogP contribution in [0.4, 0.5) is 5.69 Å². The van der Waals surface area contributed by atoms with E-state index >= 15 is 0 Å². The van der Waals surface area contributed by atoms with Gasteiger partial charge in [-0.2, -0.15) is 0 Å². The molecule has 1 heterocycles. The first-order chi connectivity index (χ1) is 9.51. The second-order valence-electron chi connectivity index (χ2n) is 4.97. The molecule has 112 valence electrons.